The van der Waals surface area contributed by atoms with Crippen molar-refractivity contribution in [2.45, 2.75) is 50.7 Å². The summed E-state index contributed by atoms with van der Waals surface area (Å²) in [4.78, 5) is 21.1. The van der Waals surface area contributed by atoms with Crippen LogP contribution in [0.5, 0.6) is 5.75 Å². The van der Waals surface area contributed by atoms with Gasteiger partial charge in [0.15, 0.2) is 0 Å². The van der Waals surface area contributed by atoms with Crippen LogP contribution in [0.15, 0.2) is 29.4 Å². The van der Waals surface area contributed by atoms with Crippen LogP contribution in [0.1, 0.15) is 44.1 Å². The number of aliphatic hydroxyl groups excluding tert-OH is 1. The zero-order valence-corrected chi connectivity index (χ0v) is 17.0. The second kappa shape index (κ2) is 8.71. The number of carbonyl (C=O) groups excluding carboxylic acids is 1. The van der Waals surface area contributed by atoms with E-state index in [4.69, 9.17) is 14.3 Å². The summed E-state index contributed by atoms with van der Waals surface area (Å²) in [5.74, 6) is 0.906. The minimum atomic E-state index is -0.508. The maximum absolute atomic E-state index is 13.5. The van der Waals surface area contributed by atoms with Gasteiger partial charge in [-0.05, 0) is 37.8 Å². The molecule has 4 rings (SSSR count). The number of para-hydroxylation sites is 1. The molecule has 2 atom stereocenters. The number of likely N-dealkylation sites (tertiary alicyclic amines) is 1. The van der Waals surface area contributed by atoms with Gasteiger partial charge >= 0.3 is 0 Å². The summed E-state index contributed by atoms with van der Waals surface area (Å²) in [5, 5.41) is 14.3. The number of β-amino-alcohol motifs (C(OH)–C–C–N with tert-alkyl or cyclic N) is 1. The third-order valence-corrected chi connectivity index (χ3v) is 6.36. The molecule has 1 N–H and O–H groups in total. The average molecular weight is 402 g/mol. The molecule has 158 valence electrons. The Morgan fingerprint density at radius 3 is 2.90 bits per heavy atom. The molecule has 29 heavy (non-hydrogen) atoms. The molecule has 3 heterocycles. The van der Waals surface area contributed by atoms with E-state index in [2.05, 4.69) is 5.16 Å². The summed E-state index contributed by atoms with van der Waals surface area (Å²) in [6.07, 6.45) is 3.68. The fraction of sp³-hybridized carbons (Fsp3) is 0.636. The Labute approximate surface area is 171 Å². The fourth-order valence-electron chi connectivity index (χ4n) is 4.76. The molecule has 1 amide bonds. The van der Waals surface area contributed by atoms with Crippen LogP contribution in [-0.4, -0.2) is 67.2 Å². The van der Waals surface area contributed by atoms with Crippen molar-refractivity contribution in [1.29, 1.82) is 0 Å². The maximum Gasteiger partial charge on any atom is 0.229 e. The highest BCUT2D eigenvalue weighted by Crippen LogP contribution is 2.41. The summed E-state index contributed by atoms with van der Waals surface area (Å²) in [5.41, 5.74) is 1.28. The Balaban J connectivity index is 1.47. The quantitative estimate of drug-likeness (QED) is 0.818. The summed E-state index contributed by atoms with van der Waals surface area (Å²) < 4.78 is 11.0. The monoisotopic (exact) mass is 402 g/mol. The van der Waals surface area contributed by atoms with E-state index in [9.17, 15) is 9.90 Å². The van der Waals surface area contributed by atoms with E-state index < -0.39 is 11.5 Å². The Kier molecular flexibility index (Phi) is 6.06. The molecule has 2 saturated heterocycles. The van der Waals surface area contributed by atoms with Crippen LogP contribution in [0.25, 0.3) is 0 Å². The van der Waals surface area contributed by atoms with E-state index in [-0.39, 0.29) is 12.0 Å². The minimum absolute atomic E-state index is 0.133. The Bertz CT molecular complexity index is 759. The lowest BCUT2D eigenvalue weighted by molar-refractivity contribution is -0.154. The van der Waals surface area contributed by atoms with Crippen molar-refractivity contribution in [1.82, 2.24) is 4.90 Å². The zero-order valence-electron chi connectivity index (χ0n) is 17.0. The molecule has 0 saturated carbocycles. The van der Waals surface area contributed by atoms with Gasteiger partial charge in [0.25, 0.3) is 0 Å². The molecule has 0 bridgehead atoms. The van der Waals surface area contributed by atoms with Crippen molar-refractivity contribution in [2.24, 2.45) is 10.6 Å². The predicted molar refractivity (Wildman–Crippen MR) is 108 cm³/mol. The molecule has 7 nitrogen and oxygen atoms in total. The molecule has 0 radical (unpaired) electrons. The number of amides is 1. The number of nitrogens with zero attached hydrogens (tertiary/aromatic N) is 2. The molecule has 3 aliphatic heterocycles. The molecule has 3 aliphatic rings. The number of ether oxygens (including phenoxy) is 2. The van der Waals surface area contributed by atoms with Crippen molar-refractivity contribution >= 4 is 11.6 Å². The van der Waals surface area contributed by atoms with E-state index >= 15 is 0 Å². The standard InChI is InChI=1S/C22H30N2O5/c1-27-20-7-3-2-6-18(20)19-13-17(29-23-19)14-22(8-11-28-12-9-22)21(26)24-10-4-5-16(25)15-24/h2-3,6-7,16-17,25H,4-5,8-15H2,1H3/t16-,17-/m1/s1. The van der Waals surface area contributed by atoms with E-state index in [1.54, 1.807) is 7.11 Å². The Morgan fingerprint density at radius 2 is 2.14 bits per heavy atom. The molecule has 7 heteroatoms. The van der Waals surface area contributed by atoms with Gasteiger partial charge < -0.3 is 24.3 Å². The van der Waals surface area contributed by atoms with Crippen LogP contribution in [0.2, 0.25) is 0 Å². The molecule has 0 unspecified atom stereocenters. The highest BCUT2D eigenvalue weighted by atomic mass is 16.6. The van der Waals surface area contributed by atoms with Crippen LogP contribution in [-0.2, 0) is 14.4 Å². The van der Waals surface area contributed by atoms with Crippen LogP contribution < -0.4 is 4.74 Å². The predicted octanol–water partition coefficient (Wildman–Crippen LogP) is 2.36. The fourth-order valence-corrected chi connectivity index (χ4v) is 4.76. The van der Waals surface area contributed by atoms with Gasteiger partial charge in [-0.3, -0.25) is 4.79 Å². The number of carbonyl (C=O) groups is 1. The summed E-state index contributed by atoms with van der Waals surface area (Å²) in [6.45, 7) is 2.30. The van der Waals surface area contributed by atoms with Crippen molar-refractivity contribution in [3.05, 3.63) is 29.8 Å². The first-order chi connectivity index (χ1) is 14.1. The summed E-state index contributed by atoms with van der Waals surface area (Å²) in [6, 6.07) is 7.78. The van der Waals surface area contributed by atoms with Crippen LogP contribution >= 0.6 is 0 Å². The number of hydrogen-bond donors (Lipinski definition) is 1. The Hall–Kier alpha value is -2.12. The first-order valence-corrected chi connectivity index (χ1v) is 10.5. The first-order valence-electron chi connectivity index (χ1n) is 10.5. The third kappa shape index (κ3) is 4.26. The first kappa shape index (κ1) is 20.2. The Morgan fingerprint density at radius 1 is 1.34 bits per heavy atom. The van der Waals surface area contributed by atoms with E-state index in [1.807, 2.05) is 29.2 Å². The third-order valence-electron chi connectivity index (χ3n) is 6.36. The van der Waals surface area contributed by atoms with Gasteiger partial charge in [-0.25, -0.2) is 0 Å². The molecular weight excluding hydrogens is 372 g/mol. The zero-order chi connectivity index (χ0) is 20.3. The van der Waals surface area contributed by atoms with Gasteiger partial charge in [-0.2, -0.15) is 0 Å². The van der Waals surface area contributed by atoms with E-state index in [1.165, 1.54) is 0 Å². The van der Waals surface area contributed by atoms with Crippen molar-refractivity contribution in [2.75, 3.05) is 33.4 Å². The molecule has 0 aromatic heterocycles. The maximum atomic E-state index is 13.5. The summed E-state index contributed by atoms with van der Waals surface area (Å²) >= 11 is 0. The van der Waals surface area contributed by atoms with Crippen molar-refractivity contribution in [3.8, 4) is 5.75 Å². The number of hydrogen-bond acceptors (Lipinski definition) is 6. The average Bonchev–Trinajstić information content (AvgIpc) is 3.22. The van der Waals surface area contributed by atoms with Crippen LogP contribution in [0.4, 0.5) is 0 Å². The van der Waals surface area contributed by atoms with Crippen LogP contribution in [0.3, 0.4) is 0 Å². The molecule has 0 spiro atoms. The van der Waals surface area contributed by atoms with E-state index in [0.29, 0.717) is 52.0 Å². The second-order valence-electron chi connectivity index (χ2n) is 8.31. The van der Waals surface area contributed by atoms with Gasteiger partial charge in [0.2, 0.25) is 5.91 Å². The molecule has 1 aromatic carbocycles. The number of oxime groups is 1. The molecule has 0 aliphatic carbocycles. The van der Waals surface area contributed by atoms with Gasteiger partial charge in [-0.1, -0.05) is 17.3 Å². The SMILES string of the molecule is COc1ccccc1C1=NO[C@@H](CC2(C(=O)N3CCC[C@@H](O)C3)CCOCC2)C1. The molecule has 1 aromatic rings. The van der Waals surface area contributed by atoms with E-state index in [0.717, 1.165) is 29.9 Å². The lowest BCUT2D eigenvalue weighted by Crippen LogP contribution is -2.52. The van der Waals surface area contributed by atoms with Crippen molar-refractivity contribution in [3.63, 3.8) is 0 Å². The van der Waals surface area contributed by atoms with Gasteiger partial charge in [0, 0.05) is 44.7 Å². The van der Waals surface area contributed by atoms with Gasteiger partial charge in [0.05, 0.1) is 24.3 Å². The highest BCUT2D eigenvalue weighted by molar-refractivity contribution is 6.03. The topological polar surface area (TPSA) is 80.6 Å². The largest absolute Gasteiger partial charge is 0.496 e. The van der Waals surface area contributed by atoms with Gasteiger partial charge in [0.1, 0.15) is 11.9 Å². The van der Waals surface area contributed by atoms with Crippen LogP contribution in [0, 0.1) is 5.41 Å². The number of methoxy groups -OCH3 is 1. The van der Waals surface area contributed by atoms with Gasteiger partial charge in [-0.15, -0.1) is 0 Å². The summed E-state index contributed by atoms with van der Waals surface area (Å²) in [7, 11) is 1.65. The number of benzene rings is 1. The second-order valence-corrected chi connectivity index (χ2v) is 8.31. The normalized spacial score (nSPS) is 26.6. The molecular formula is C22H30N2O5. The number of rotatable bonds is 5. The number of aliphatic hydroxyl groups is 1. The highest BCUT2D eigenvalue weighted by Gasteiger charge is 2.46. The van der Waals surface area contributed by atoms with Crippen molar-refractivity contribution < 1.29 is 24.2 Å². The number of piperidine rings is 1. The smallest absolute Gasteiger partial charge is 0.229 e. The minimum Gasteiger partial charge on any atom is -0.496 e. The molecule has 2 fully saturated rings. The lowest BCUT2D eigenvalue weighted by Gasteiger charge is -2.42. The lowest BCUT2D eigenvalue weighted by atomic mass is 9.73.